The Hall–Kier alpha value is -0.860. The lowest BCUT2D eigenvalue weighted by Gasteiger charge is -2.10. The van der Waals surface area contributed by atoms with E-state index in [1.165, 1.54) is 6.07 Å². The van der Waals surface area contributed by atoms with Gasteiger partial charge >= 0.3 is 0 Å². The smallest absolute Gasteiger partial charge is 0.271 e. The van der Waals surface area contributed by atoms with Crippen LogP contribution in [0.4, 0.5) is 10.1 Å². The number of thiophene rings is 1. The molecule has 0 atom stereocenters. The molecule has 0 bridgehead atoms. The standard InChI is InChI=1S/C12H10Cl2FNO3S2/c1-6-2-11(20-10(6)5-17)21(18,19)16-12-8(13)3-7(15)4-9(12)14/h2-4,16-17H,5H2,1H3. The lowest BCUT2D eigenvalue weighted by molar-refractivity contribution is 0.285. The van der Waals surface area contributed by atoms with E-state index in [0.717, 1.165) is 23.5 Å². The Morgan fingerprint density at radius 2 is 1.86 bits per heavy atom. The fourth-order valence-electron chi connectivity index (χ4n) is 1.60. The third kappa shape index (κ3) is 3.49. The number of aliphatic hydroxyl groups is 1. The zero-order chi connectivity index (χ0) is 15.8. The fraction of sp³-hybridized carbons (Fsp3) is 0.167. The number of halogens is 3. The first-order chi connectivity index (χ1) is 9.74. The van der Waals surface area contributed by atoms with Gasteiger partial charge in [0.25, 0.3) is 10.0 Å². The lowest BCUT2D eigenvalue weighted by atomic mass is 10.3. The van der Waals surface area contributed by atoms with Crippen molar-refractivity contribution in [1.29, 1.82) is 0 Å². The molecule has 0 amide bonds. The van der Waals surface area contributed by atoms with E-state index in [1.807, 2.05) is 0 Å². The Morgan fingerprint density at radius 3 is 2.33 bits per heavy atom. The quantitative estimate of drug-likeness (QED) is 0.861. The molecule has 114 valence electrons. The average molecular weight is 370 g/mol. The second-order valence-corrected chi connectivity index (χ2v) is 8.04. The van der Waals surface area contributed by atoms with Gasteiger partial charge in [0.2, 0.25) is 0 Å². The molecule has 0 aliphatic carbocycles. The second-order valence-electron chi connectivity index (χ2n) is 4.18. The molecule has 0 fully saturated rings. The monoisotopic (exact) mass is 369 g/mol. The van der Waals surface area contributed by atoms with Gasteiger partial charge in [0.1, 0.15) is 10.0 Å². The largest absolute Gasteiger partial charge is 0.391 e. The molecule has 2 aromatic rings. The van der Waals surface area contributed by atoms with Gasteiger partial charge in [-0.25, -0.2) is 12.8 Å². The summed E-state index contributed by atoms with van der Waals surface area (Å²) >= 11 is 12.5. The molecule has 0 spiro atoms. The van der Waals surface area contributed by atoms with Crippen LogP contribution in [0.1, 0.15) is 10.4 Å². The van der Waals surface area contributed by atoms with Crippen LogP contribution < -0.4 is 4.72 Å². The van der Waals surface area contributed by atoms with E-state index in [-0.39, 0.29) is 26.5 Å². The normalized spacial score (nSPS) is 11.7. The van der Waals surface area contributed by atoms with Crippen LogP contribution in [0.3, 0.4) is 0 Å². The van der Waals surface area contributed by atoms with Gasteiger partial charge in [-0.3, -0.25) is 4.72 Å². The highest BCUT2D eigenvalue weighted by atomic mass is 35.5. The minimum absolute atomic E-state index is 0.0144. The van der Waals surface area contributed by atoms with Crippen LogP contribution in [-0.4, -0.2) is 13.5 Å². The Bertz CT molecular complexity index is 767. The molecule has 1 aromatic heterocycles. The molecule has 1 heterocycles. The predicted molar refractivity (Wildman–Crippen MR) is 82.2 cm³/mol. The fourth-order valence-corrected chi connectivity index (χ4v) is 4.82. The Labute approximate surface area is 135 Å². The molecule has 4 nitrogen and oxygen atoms in total. The molecule has 2 rings (SSSR count). The number of nitrogens with one attached hydrogen (secondary N) is 1. The molecule has 9 heteroatoms. The lowest BCUT2D eigenvalue weighted by Crippen LogP contribution is -2.12. The van der Waals surface area contributed by atoms with Gasteiger partial charge in [0.15, 0.2) is 0 Å². The first-order valence-electron chi connectivity index (χ1n) is 5.62. The zero-order valence-electron chi connectivity index (χ0n) is 10.7. The highest BCUT2D eigenvalue weighted by molar-refractivity contribution is 7.94. The number of hydrogen-bond acceptors (Lipinski definition) is 4. The first-order valence-corrected chi connectivity index (χ1v) is 8.67. The topological polar surface area (TPSA) is 66.4 Å². The van der Waals surface area contributed by atoms with Crippen molar-refractivity contribution in [2.24, 2.45) is 0 Å². The van der Waals surface area contributed by atoms with Gasteiger partial charge in [0, 0.05) is 4.88 Å². The summed E-state index contributed by atoms with van der Waals surface area (Å²) in [4.78, 5) is 0.548. The molecular formula is C12H10Cl2FNO3S2. The number of anilines is 1. The number of aliphatic hydroxyl groups excluding tert-OH is 1. The summed E-state index contributed by atoms with van der Waals surface area (Å²) in [5.74, 6) is -0.664. The summed E-state index contributed by atoms with van der Waals surface area (Å²) in [6.07, 6.45) is 0. The van der Waals surface area contributed by atoms with Crippen LogP contribution in [-0.2, 0) is 16.6 Å². The number of aryl methyl sites for hydroxylation is 1. The highest BCUT2D eigenvalue weighted by Crippen LogP contribution is 2.34. The van der Waals surface area contributed by atoms with Crippen LogP contribution in [0.15, 0.2) is 22.4 Å². The van der Waals surface area contributed by atoms with Gasteiger partial charge in [-0.15, -0.1) is 11.3 Å². The van der Waals surface area contributed by atoms with Crippen LogP contribution in [0.25, 0.3) is 0 Å². The van der Waals surface area contributed by atoms with Crippen molar-refractivity contribution < 1.29 is 17.9 Å². The van der Waals surface area contributed by atoms with E-state index in [1.54, 1.807) is 6.92 Å². The third-order valence-corrected chi connectivity index (χ3v) is 6.29. The molecule has 0 aliphatic heterocycles. The SMILES string of the molecule is Cc1cc(S(=O)(=O)Nc2c(Cl)cc(F)cc2Cl)sc1CO. The van der Waals surface area contributed by atoms with E-state index in [0.29, 0.717) is 10.4 Å². The molecule has 21 heavy (non-hydrogen) atoms. The van der Waals surface area contributed by atoms with Gasteiger partial charge in [-0.05, 0) is 30.7 Å². The summed E-state index contributed by atoms with van der Waals surface area (Å²) in [6.45, 7) is 1.45. The predicted octanol–water partition coefficient (Wildman–Crippen LogP) is 3.80. The van der Waals surface area contributed by atoms with Crippen LogP contribution >= 0.6 is 34.5 Å². The molecule has 2 N–H and O–H groups in total. The van der Waals surface area contributed by atoms with Gasteiger partial charge < -0.3 is 5.11 Å². The van der Waals surface area contributed by atoms with Crippen molar-refractivity contribution in [3.05, 3.63) is 44.5 Å². The molecule has 1 aromatic carbocycles. The van der Waals surface area contributed by atoms with Crippen molar-refractivity contribution in [3.63, 3.8) is 0 Å². The molecule has 0 aliphatic rings. The van der Waals surface area contributed by atoms with Crippen molar-refractivity contribution in [1.82, 2.24) is 0 Å². The van der Waals surface area contributed by atoms with Crippen LogP contribution in [0, 0.1) is 12.7 Å². The van der Waals surface area contributed by atoms with Crippen molar-refractivity contribution >= 4 is 50.2 Å². The Balaban J connectivity index is 2.42. The minimum atomic E-state index is -3.92. The highest BCUT2D eigenvalue weighted by Gasteiger charge is 2.21. The van der Waals surface area contributed by atoms with E-state index in [9.17, 15) is 12.8 Å². The maximum absolute atomic E-state index is 13.1. The summed E-state index contributed by atoms with van der Waals surface area (Å²) in [6, 6.07) is 3.36. The summed E-state index contributed by atoms with van der Waals surface area (Å²) < 4.78 is 39.9. The minimum Gasteiger partial charge on any atom is -0.391 e. The van der Waals surface area contributed by atoms with Crippen LogP contribution in [0.5, 0.6) is 0 Å². The Kier molecular flexibility index (Phi) is 4.79. The maximum Gasteiger partial charge on any atom is 0.271 e. The van der Waals surface area contributed by atoms with E-state index >= 15 is 0 Å². The Morgan fingerprint density at radius 1 is 1.29 bits per heavy atom. The van der Waals surface area contributed by atoms with Crippen molar-refractivity contribution in [3.8, 4) is 0 Å². The molecule has 0 saturated carbocycles. The molecule has 0 saturated heterocycles. The number of hydrogen-bond donors (Lipinski definition) is 2. The maximum atomic E-state index is 13.1. The second kappa shape index (κ2) is 6.10. The van der Waals surface area contributed by atoms with Gasteiger partial charge in [0.05, 0.1) is 22.3 Å². The van der Waals surface area contributed by atoms with E-state index in [4.69, 9.17) is 28.3 Å². The summed E-state index contributed by atoms with van der Waals surface area (Å²) in [7, 11) is -3.92. The zero-order valence-corrected chi connectivity index (χ0v) is 13.8. The van der Waals surface area contributed by atoms with Crippen molar-refractivity contribution in [2.75, 3.05) is 4.72 Å². The van der Waals surface area contributed by atoms with Crippen LogP contribution in [0.2, 0.25) is 10.0 Å². The summed E-state index contributed by atoms with van der Waals surface area (Å²) in [5, 5.41) is 8.84. The van der Waals surface area contributed by atoms with E-state index < -0.39 is 15.8 Å². The molecule has 0 radical (unpaired) electrons. The van der Waals surface area contributed by atoms with Crippen molar-refractivity contribution in [2.45, 2.75) is 17.7 Å². The average Bonchev–Trinajstić information content (AvgIpc) is 2.76. The summed E-state index contributed by atoms with van der Waals surface area (Å²) in [5.41, 5.74) is 0.579. The number of sulfonamides is 1. The van der Waals surface area contributed by atoms with E-state index in [2.05, 4.69) is 4.72 Å². The molecular weight excluding hydrogens is 360 g/mol. The van der Waals surface area contributed by atoms with Gasteiger partial charge in [-0.1, -0.05) is 23.2 Å². The molecule has 0 unspecified atom stereocenters. The first kappa shape index (κ1) is 16.5. The number of benzene rings is 1. The van der Waals surface area contributed by atoms with Gasteiger partial charge in [-0.2, -0.15) is 0 Å². The number of rotatable bonds is 4. The third-order valence-electron chi connectivity index (χ3n) is 2.65.